The standard InChI is InChI=1S/C15H15ClN6/c16-12-1-2-13-10(5-12)6-20-21-15(13)22-4-3-17-14(9-22)11-7-18-19-8-11/h1-2,5-8,14,17H,3-4,9H2,(H,18,19). The summed E-state index contributed by atoms with van der Waals surface area (Å²) in [7, 11) is 0. The minimum atomic E-state index is 0.233. The Labute approximate surface area is 132 Å². The van der Waals surface area contributed by atoms with Gasteiger partial charge in [-0.05, 0) is 18.2 Å². The average molecular weight is 315 g/mol. The van der Waals surface area contributed by atoms with Crippen molar-refractivity contribution in [3.8, 4) is 0 Å². The van der Waals surface area contributed by atoms with Crippen molar-refractivity contribution < 1.29 is 0 Å². The van der Waals surface area contributed by atoms with Gasteiger partial charge < -0.3 is 10.2 Å². The Balaban J connectivity index is 1.69. The SMILES string of the molecule is Clc1ccc2c(N3CCNC(c4cn[nH]c4)C3)nncc2c1. The van der Waals surface area contributed by atoms with Crippen LogP contribution in [-0.4, -0.2) is 40.0 Å². The number of halogens is 1. The zero-order chi connectivity index (χ0) is 14.9. The Kier molecular flexibility index (Phi) is 3.40. The summed E-state index contributed by atoms with van der Waals surface area (Å²) in [5, 5.41) is 21.7. The van der Waals surface area contributed by atoms with Gasteiger partial charge >= 0.3 is 0 Å². The summed E-state index contributed by atoms with van der Waals surface area (Å²) in [4.78, 5) is 2.26. The van der Waals surface area contributed by atoms with E-state index in [9.17, 15) is 0 Å². The number of nitrogens with one attached hydrogen (secondary N) is 2. The van der Waals surface area contributed by atoms with E-state index in [0.29, 0.717) is 5.02 Å². The molecule has 1 aliphatic rings. The highest BCUT2D eigenvalue weighted by Gasteiger charge is 2.23. The number of piperazine rings is 1. The van der Waals surface area contributed by atoms with Crippen molar-refractivity contribution in [2.45, 2.75) is 6.04 Å². The Morgan fingerprint density at radius 3 is 3.09 bits per heavy atom. The van der Waals surface area contributed by atoms with Gasteiger partial charge in [0.25, 0.3) is 0 Å². The molecular weight excluding hydrogens is 300 g/mol. The van der Waals surface area contributed by atoms with E-state index < -0.39 is 0 Å². The quantitative estimate of drug-likeness (QED) is 0.758. The van der Waals surface area contributed by atoms with Gasteiger partial charge in [0.15, 0.2) is 5.82 Å². The number of fused-ring (bicyclic) bond motifs is 1. The van der Waals surface area contributed by atoms with Gasteiger partial charge in [0, 0.05) is 47.2 Å². The molecule has 1 unspecified atom stereocenters. The first-order valence-electron chi connectivity index (χ1n) is 7.19. The van der Waals surface area contributed by atoms with Crippen molar-refractivity contribution >= 4 is 28.2 Å². The monoisotopic (exact) mass is 314 g/mol. The Hall–Kier alpha value is -2.18. The summed E-state index contributed by atoms with van der Waals surface area (Å²) in [6, 6.07) is 6.06. The molecule has 0 amide bonds. The molecule has 0 radical (unpaired) electrons. The lowest BCUT2D eigenvalue weighted by Gasteiger charge is -2.34. The van der Waals surface area contributed by atoms with Crippen LogP contribution in [0.4, 0.5) is 5.82 Å². The number of aromatic amines is 1. The molecule has 112 valence electrons. The number of rotatable bonds is 2. The van der Waals surface area contributed by atoms with Crippen LogP contribution in [-0.2, 0) is 0 Å². The van der Waals surface area contributed by atoms with Crippen LogP contribution >= 0.6 is 11.6 Å². The van der Waals surface area contributed by atoms with Crippen LogP contribution in [0.15, 0.2) is 36.8 Å². The molecule has 6 nitrogen and oxygen atoms in total. The molecule has 22 heavy (non-hydrogen) atoms. The molecule has 0 spiro atoms. The molecule has 3 aromatic rings. The molecule has 1 fully saturated rings. The zero-order valence-corrected chi connectivity index (χ0v) is 12.6. The topological polar surface area (TPSA) is 69.7 Å². The smallest absolute Gasteiger partial charge is 0.159 e. The van der Waals surface area contributed by atoms with E-state index in [4.69, 9.17) is 11.6 Å². The molecule has 4 rings (SSSR count). The minimum Gasteiger partial charge on any atom is -0.351 e. The van der Waals surface area contributed by atoms with Gasteiger partial charge in [0.05, 0.1) is 18.4 Å². The molecule has 1 atom stereocenters. The number of aromatic nitrogens is 4. The van der Waals surface area contributed by atoms with E-state index >= 15 is 0 Å². The van der Waals surface area contributed by atoms with Gasteiger partial charge in [0.2, 0.25) is 0 Å². The van der Waals surface area contributed by atoms with Crippen molar-refractivity contribution in [1.82, 2.24) is 25.7 Å². The molecule has 1 aromatic carbocycles. The largest absolute Gasteiger partial charge is 0.351 e. The maximum Gasteiger partial charge on any atom is 0.159 e. The summed E-state index contributed by atoms with van der Waals surface area (Å²) in [6.45, 7) is 2.61. The van der Waals surface area contributed by atoms with Crippen LogP contribution in [0.3, 0.4) is 0 Å². The van der Waals surface area contributed by atoms with E-state index in [1.54, 1.807) is 6.20 Å². The molecule has 0 saturated carbocycles. The second-order valence-corrected chi connectivity index (χ2v) is 5.82. The van der Waals surface area contributed by atoms with Gasteiger partial charge in [-0.2, -0.15) is 10.2 Å². The van der Waals surface area contributed by atoms with Crippen molar-refractivity contribution in [2.24, 2.45) is 0 Å². The lowest BCUT2D eigenvalue weighted by molar-refractivity contribution is 0.469. The Bertz CT molecular complexity index is 788. The fraction of sp³-hybridized carbons (Fsp3) is 0.267. The number of nitrogens with zero attached hydrogens (tertiary/aromatic N) is 4. The van der Waals surface area contributed by atoms with E-state index in [-0.39, 0.29) is 6.04 Å². The fourth-order valence-corrected chi connectivity index (χ4v) is 3.07. The number of anilines is 1. The van der Waals surface area contributed by atoms with Crippen LogP contribution in [0.1, 0.15) is 11.6 Å². The number of H-pyrrole nitrogens is 1. The first-order valence-corrected chi connectivity index (χ1v) is 7.57. The highest BCUT2D eigenvalue weighted by molar-refractivity contribution is 6.31. The summed E-state index contributed by atoms with van der Waals surface area (Å²) in [5.41, 5.74) is 1.15. The third-order valence-electron chi connectivity index (χ3n) is 4.00. The molecule has 0 bridgehead atoms. The first kappa shape index (κ1) is 13.5. The second-order valence-electron chi connectivity index (χ2n) is 5.38. The maximum absolute atomic E-state index is 6.07. The summed E-state index contributed by atoms with van der Waals surface area (Å²) < 4.78 is 0. The maximum atomic E-state index is 6.07. The van der Waals surface area contributed by atoms with Crippen LogP contribution in [0, 0.1) is 0 Å². The predicted molar refractivity (Wildman–Crippen MR) is 86.1 cm³/mol. The molecule has 2 N–H and O–H groups in total. The first-order chi connectivity index (χ1) is 10.8. The lowest BCUT2D eigenvalue weighted by Crippen LogP contribution is -2.46. The van der Waals surface area contributed by atoms with Crippen LogP contribution in [0.2, 0.25) is 5.02 Å². The van der Waals surface area contributed by atoms with E-state index in [2.05, 4.69) is 30.6 Å². The molecule has 2 aromatic heterocycles. The lowest BCUT2D eigenvalue weighted by atomic mass is 10.1. The molecule has 1 aliphatic heterocycles. The van der Waals surface area contributed by atoms with Gasteiger partial charge in [-0.1, -0.05) is 11.6 Å². The normalized spacial score (nSPS) is 18.8. The summed E-state index contributed by atoms with van der Waals surface area (Å²) in [5.74, 6) is 0.907. The van der Waals surface area contributed by atoms with Gasteiger partial charge in [-0.3, -0.25) is 5.10 Å². The van der Waals surface area contributed by atoms with Crippen LogP contribution in [0.5, 0.6) is 0 Å². The third kappa shape index (κ3) is 2.40. The van der Waals surface area contributed by atoms with Gasteiger partial charge in [0.1, 0.15) is 0 Å². The number of benzene rings is 1. The van der Waals surface area contributed by atoms with Gasteiger partial charge in [-0.25, -0.2) is 0 Å². The summed E-state index contributed by atoms with van der Waals surface area (Å²) >= 11 is 6.07. The molecule has 1 saturated heterocycles. The van der Waals surface area contributed by atoms with E-state index in [0.717, 1.165) is 41.8 Å². The summed E-state index contributed by atoms with van der Waals surface area (Å²) in [6.07, 6.45) is 5.53. The van der Waals surface area contributed by atoms with Crippen molar-refractivity contribution in [1.29, 1.82) is 0 Å². The minimum absolute atomic E-state index is 0.233. The Morgan fingerprint density at radius 1 is 1.27 bits per heavy atom. The zero-order valence-electron chi connectivity index (χ0n) is 11.8. The second kappa shape index (κ2) is 5.55. The Morgan fingerprint density at radius 2 is 2.23 bits per heavy atom. The highest BCUT2D eigenvalue weighted by atomic mass is 35.5. The van der Waals surface area contributed by atoms with Crippen molar-refractivity contribution in [2.75, 3.05) is 24.5 Å². The number of hydrogen-bond donors (Lipinski definition) is 2. The predicted octanol–water partition coefficient (Wildman–Crippen LogP) is 2.16. The average Bonchev–Trinajstić information content (AvgIpc) is 3.08. The van der Waals surface area contributed by atoms with Crippen molar-refractivity contribution in [3.63, 3.8) is 0 Å². The molecule has 3 heterocycles. The number of hydrogen-bond acceptors (Lipinski definition) is 5. The fourth-order valence-electron chi connectivity index (χ4n) is 2.89. The molecule has 0 aliphatic carbocycles. The van der Waals surface area contributed by atoms with E-state index in [1.807, 2.05) is 30.6 Å². The molecular formula is C15H15ClN6. The molecule has 7 heteroatoms. The van der Waals surface area contributed by atoms with Crippen LogP contribution < -0.4 is 10.2 Å². The van der Waals surface area contributed by atoms with Crippen molar-refractivity contribution in [3.05, 3.63) is 47.4 Å². The highest BCUT2D eigenvalue weighted by Crippen LogP contribution is 2.28. The van der Waals surface area contributed by atoms with Crippen LogP contribution in [0.25, 0.3) is 10.8 Å². The third-order valence-corrected chi connectivity index (χ3v) is 4.24. The van der Waals surface area contributed by atoms with E-state index in [1.165, 1.54) is 0 Å². The van der Waals surface area contributed by atoms with Gasteiger partial charge in [-0.15, -0.1) is 5.10 Å².